The van der Waals surface area contributed by atoms with Crippen LogP contribution in [0.2, 0.25) is 0 Å². The maximum Gasteiger partial charge on any atom is 0.133 e. The van der Waals surface area contributed by atoms with Crippen LogP contribution in [0.15, 0.2) is 12.1 Å². The topological polar surface area (TPSA) is 21.3 Å². The molecule has 0 bridgehead atoms. The first-order valence-electron chi connectivity index (χ1n) is 4.67. The summed E-state index contributed by atoms with van der Waals surface area (Å²) in [5, 5.41) is 2.99. The van der Waals surface area contributed by atoms with E-state index in [1.807, 2.05) is 13.1 Å². The van der Waals surface area contributed by atoms with E-state index >= 15 is 0 Å². The summed E-state index contributed by atoms with van der Waals surface area (Å²) >= 11 is 0. The summed E-state index contributed by atoms with van der Waals surface area (Å²) in [4.78, 5) is 0. The molecule has 0 aliphatic rings. The third-order valence-corrected chi connectivity index (χ3v) is 2.24. The molecule has 0 fully saturated rings. The Kier molecular flexibility index (Phi) is 3.89. The molecule has 0 aliphatic carbocycles. The van der Waals surface area contributed by atoms with Crippen LogP contribution >= 0.6 is 0 Å². The van der Waals surface area contributed by atoms with Gasteiger partial charge in [0.15, 0.2) is 0 Å². The van der Waals surface area contributed by atoms with Crippen LogP contribution < -0.4 is 10.1 Å². The summed E-state index contributed by atoms with van der Waals surface area (Å²) in [6.45, 7) is 2.51. The third kappa shape index (κ3) is 2.23. The quantitative estimate of drug-likeness (QED) is 0.796. The van der Waals surface area contributed by atoms with Crippen LogP contribution in [0, 0.1) is 12.7 Å². The summed E-state index contributed by atoms with van der Waals surface area (Å²) in [6.07, 6.45) is 0.646. The van der Waals surface area contributed by atoms with Crippen LogP contribution in [0.1, 0.15) is 11.1 Å². The van der Waals surface area contributed by atoms with Crippen molar-refractivity contribution in [3.05, 3.63) is 29.1 Å². The van der Waals surface area contributed by atoms with E-state index in [2.05, 4.69) is 5.32 Å². The van der Waals surface area contributed by atoms with E-state index in [1.54, 1.807) is 20.1 Å². The average Bonchev–Trinajstić information content (AvgIpc) is 2.20. The molecule has 0 saturated carbocycles. The van der Waals surface area contributed by atoms with Crippen molar-refractivity contribution in [1.82, 2.24) is 5.32 Å². The SMILES string of the molecule is CNCCc1c(OC)ccc(C)c1F. The number of rotatable bonds is 4. The first kappa shape index (κ1) is 11.0. The standard InChI is InChI=1S/C11H16FNO/c1-8-4-5-10(14-3)9(11(8)12)6-7-13-2/h4-5,13H,6-7H2,1-3H3. The molecule has 0 heterocycles. The van der Waals surface area contributed by atoms with Gasteiger partial charge in [0.05, 0.1) is 7.11 Å². The molecule has 1 rings (SSSR count). The summed E-state index contributed by atoms with van der Waals surface area (Å²) in [5.74, 6) is 0.475. The van der Waals surface area contributed by atoms with Gasteiger partial charge in [-0.3, -0.25) is 0 Å². The van der Waals surface area contributed by atoms with E-state index in [-0.39, 0.29) is 5.82 Å². The Morgan fingerprint density at radius 1 is 1.43 bits per heavy atom. The fourth-order valence-electron chi connectivity index (χ4n) is 1.39. The second-order valence-electron chi connectivity index (χ2n) is 3.23. The minimum absolute atomic E-state index is 0.153. The molecule has 1 aromatic carbocycles. The van der Waals surface area contributed by atoms with Crippen molar-refractivity contribution >= 4 is 0 Å². The average molecular weight is 197 g/mol. The number of methoxy groups -OCH3 is 1. The maximum absolute atomic E-state index is 13.7. The van der Waals surface area contributed by atoms with Crippen LogP contribution in [-0.4, -0.2) is 20.7 Å². The Morgan fingerprint density at radius 2 is 2.14 bits per heavy atom. The van der Waals surface area contributed by atoms with Gasteiger partial charge < -0.3 is 10.1 Å². The fourth-order valence-corrected chi connectivity index (χ4v) is 1.39. The molecular weight excluding hydrogens is 181 g/mol. The van der Waals surface area contributed by atoms with Crippen molar-refractivity contribution < 1.29 is 9.13 Å². The molecule has 78 valence electrons. The number of hydrogen-bond donors (Lipinski definition) is 1. The minimum atomic E-state index is -0.153. The first-order valence-corrected chi connectivity index (χ1v) is 4.67. The summed E-state index contributed by atoms with van der Waals surface area (Å²) < 4.78 is 18.8. The van der Waals surface area contributed by atoms with Gasteiger partial charge >= 0.3 is 0 Å². The van der Waals surface area contributed by atoms with Crippen molar-refractivity contribution in [3.63, 3.8) is 0 Å². The highest BCUT2D eigenvalue weighted by atomic mass is 19.1. The highest BCUT2D eigenvalue weighted by Crippen LogP contribution is 2.24. The van der Waals surface area contributed by atoms with Gasteiger partial charge in [0.1, 0.15) is 11.6 Å². The summed E-state index contributed by atoms with van der Waals surface area (Å²) in [7, 11) is 3.41. The number of benzene rings is 1. The molecule has 3 heteroatoms. The molecule has 0 saturated heterocycles. The van der Waals surface area contributed by atoms with E-state index in [0.717, 1.165) is 6.54 Å². The molecule has 0 unspecified atom stereocenters. The van der Waals surface area contributed by atoms with Crippen molar-refractivity contribution in [2.45, 2.75) is 13.3 Å². The number of likely N-dealkylation sites (N-methyl/N-ethyl adjacent to an activating group) is 1. The van der Waals surface area contributed by atoms with Gasteiger partial charge in [-0.05, 0) is 38.6 Å². The number of aryl methyl sites for hydroxylation is 1. The van der Waals surface area contributed by atoms with Crippen LogP contribution in [0.4, 0.5) is 4.39 Å². The Balaban J connectivity index is 3.01. The number of hydrogen-bond acceptors (Lipinski definition) is 2. The second kappa shape index (κ2) is 4.96. The van der Waals surface area contributed by atoms with Gasteiger partial charge in [-0.1, -0.05) is 6.07 Å². The van der Waals surface area contributed by atoms with Gasteiger partial charge in [-0.25, -0.2) is 4.39 Å². The molecular formula is C11H16FNO. The smallest absolute Gasteiger partial charge is 0.133 e. The normalized spacial score (nSPS) is 10.3. The highest BCUT2D eigenvalue weighted by molar-refractivity contribution is 5.38. The molecule has 0 spiro atoms. The van der Waals surface area contributed by atoms with E-state index in [0.29, 0.717) is 23.3 Å². The molecule has 0 amide bonds. The molecule has 0 aromatic heterocycles. The molecule has 0 aliphatic heterocycles. The van der Waals surface area contributed by atoms with Crippen LogP contribution in [0.5, 0.6) is 5.75 Å². The Hall–Kier alpha value is -1.09. The van der Waals surface area contributed by atoms with Crippen LogP contribution in [-0.2, 0) is 6.42 Å². The largest absolute Gasteiger partial charge is 0.496 e. The predicted octanol–water partition coefficient (Wildman–Crippen LogP) is 1.90. The Labute approximate surface area is 84.1 Å². The summed E-state index contributed by atoms with van der Waals surface area (Å²) in [6, 6.07) is 3.54. The van der Waals surface area contributed by atoms with E-state index < -0.39 is 0 Å². The van der Waals surface area contributed by atoms with Gasteiger partial charge in [0.25, 0.3) is 0 Å². The van der Waals surface area contributed by atoms with Crippen LogP contribution in [0.25, 0.3) is 0 Å². The maximum atomic E-state index is 13.7. The number of halogens is 1. The molecule has 2 nitrogen and oxygen atoms in total. The van der Waals surface area contributed by atoms with Crippen molar-refractivity contribution in [1.29, 1.82) is 0 Å². The monoisotopic (exact) mass is 197 g/mol. The molecule has 0 radical (unpaired) electrons. The molecule has 1 N–H and O–H groups in total. The lowest BCUT2D eigenvalue weighted by Gasteiger charge is -2.10. The molecule has 0 atom stereocenters. The summed E-state index contributed by atoms with van der Waals surface area (Å²) in [5.41, 5.74) is 1.32. The lowest BCUT2D eigenvalue weighted by molar-refractivity contribution is 0.403. The fraction of sp³-hybridized carbons (Fsp3) is 0.455. The van der Waals surface area contributed by atoms with Gasteiger partial charge in [-0.2, -0.15) is 0 Å². The zero-order chi connectivity index (χ0) is 10.6. The lowest BCUT2D eigenvalue weighted by Crippen LogP contribution is -2.12. The predicted molar refractivity (Wildman–Crippen MR) is 55.3 cm³/mol. The Morgan fingerprint density at radius 3 is 2.71 bits per heavy atom. The van der Waals surface area contributed by atoms with E-state index in [1.165, 1.54) is 0 Å². The Bertz CT molecular complexity index is 312. The zero-order valence-electron chi connectivity index (χ0n) is 8.86. The molecule has 1 aromatic rings. The third-order valence-electron chi connectivity index (χ3n) is 2.24. The van der Waals surface area contributed by atoms with Crippen molar-refractivity contribution in [3.8, 4) is 5.75 Å². The van der Waals surface area contributed by atoms with Gasteiger partial charge in [0, 0.05) is 5.56 Å². The zero-order valence-corrected chi connectivity index (χ0v) is 8.86. The van der Waals surface area contributed by atoms with Crippen molar-refractivity contribution in [2.24, 2.45) is 0 Å². The van der Waals surface area contributed by atoms with E-state index in [9.17, 15) is 4.39 Å². The minimum Gasteiger partial charge on any atom is -0.496 e. The second-order valence-corrected chi connectivity index (χ2v) is 3.23. The number of nitrogens with one attached hydrogen (secondary N) is 1. The van der Waals surface area contributed by atoms with E-state index in [4.69, 9.17) is 4.74 Å². The lowest BCUT2D eigenvalue weighted by atomic mass is 10.1. The van der Waals surface area contributed by atoms with Crippen LogP contribution in [0.3, 0.4) is 0 Å². The number of ether oxygens (including phenoxy) is 1. The van der Waals surface area contributed by atoms with Gasteiger partial charge in [-0.15, -0.1) is 0 Å². The highest BCUT2D eigenvalue weighted by Gasteiger charge is 2.10. The first-order chi connectivity index (χ1) is 6.70. The van der Waals surface area contributed by atoms with Crippen molar-refractivity contribution in [2.75, 3.05) is 20.7 Å². The molecule has 14 heavy (non-hydrogen) atoms. The van der Waals surface area contributed by atoms with Gasteiger partial charge in [0.2, 0.25) is 0 Å².